The van der Waals surface area contributed by atoms with Crippen LogP contribution in [0.4, 0.5) is 9.18 Å². The average molecular weight is 438 g/mol. The SMILES string of the molecule is O=C(NCCSc1ccc(Cl)cc1)NCC(c1cccc(F)c1)N1CCOCC1. The number of hydrogen-bond donors (Lipinski definition) is 2. The van der Waals surface area contributed by atoms with Gasteiger partial charge in [0.1, 0.15) is 5.82 Å². The average Bonchev–Trinajstić information content (AvgIpc) is 2.73. The molecule has 8 heteroatoms. The maximum atomic E-state index is 13.7. The van der Waals surface area contributed by atoms with Crippen molar-refractivity contribution in [1.82, 2.24) is 15.5 Å². The number of morpholine rings is 1. The lowest BCUT2D eigenvalue weighted by Gasteiger charge is -2.35. The van der Waals surface area contributed by atoms with Crippen LogP contribution in [0.2, 0.25) is 5.02 Å². The Bertz CT molecular complexity index is 788. The van der Waals surface area contributed by atoms with E-state index in [0.29, 0.717) is 31.3 Å². The summed E-state index contributed by atoms with van der Waals surface area (Å²) in [4.78, 5) is 15.5. The molecule has 2 aromatic rings. The van der Waals surface area contributed by atoms with Crippen LogP contribution in [0, 0.1) is 5.82 Å². The Morgan fingerprint density at radius 3 is 2.66 bits per heavy atom. The molecule has 1 aliphatic rings. The van der Waals surface area contributed by atoms with Crippen LogP contribution in [-0.4, -0.2) is 56.1 Å². The van der Waals surface area contributed by atoms with Crippen LogP contribution in [0.5, 0.6) is 0 Å². The number of urea groups is 1. The predicted molar refractivity (Wildman–Crippen MR) is 115 cm³/mol. The smallest absolute Gasteiger partial charge is 0.314 e. The van der Waals surface area contributed by atoms with Crippen molar-refractivity contribution < 1.29 is 13.9 Å². The first kappa shape index (κ1) is 21.9. The minimum atomic E-state index is -0.274. The molecular weight excluding hydrogens is 413 g/mol. The number of carbonyl (C=O) groups is 1. The first-order chi connectivity index (χ1) is 14.1. The van der Waals surface area contributed by atoms with Gasteiger partial charge in [-0.3, -0.25) is 4.90 Å². The van der Waals surface area contributed by atoms with Gasteiger partial charge in [0.25, 0.3) is 0 Å². The molecular formula is C21H25ClFN3O2S. The quantitative estimate of drug-likeness (QED) is 0.485. The molecule has 5 nitrogen and oxygen atoms in total. The van der Waals surface area contributed by atoms with Gasteiger partial charge in [0.2, 0.25) is 0 Å². The third-order valence-electron chi connectivity index (χ3n) is 4.65. The fourth-order valence-electron chi connectivity index (χ4n) is 3.18. The summed E-state index contributed by atoms with van der Waals surface area (Å²) in [5.74, 6) is 0.482. The summed E-state index contributed by atoms with van der Waals surface area (Å²) in [5.41, 5.74) is 0.852. The van der Waals surface area contributed by atoms with E-state index in [0.717, 1.165) is 29.3 Å². The molecule has 3 rings (SSSR count). The Balaban J connectivity index is 1.46. The lowest BCUT2D eigenvalue weighted by Crippen LogP contribution is -2.46. The van der Waals surface area contributed by atoms with Gasteiger partial charge < -0.3 is 15.4 Å². The van der Waals surface area contributed by atoms with Gasteiger partial charge in [0, 0.05) is 41.8 Å². The third-order valence-corrected chi connectivity index (χ3v) is 5.91. The molecule has 0 radical (unpaired) electrons. The van der Waals surface area contributed by atoms with Crippen molar-refractivity contribution in [3.8, 4) is 0 Å². The highest BCUT2D eigenvalue weighted by atomic mass is 35.5. The fourth-order valence-corrected chi connectivity index (χ4v) is 4.07. The fraction of sp³-hybridized carbons (Fsp3) is 0.381. The monoisotopic (exact) mass is 437 g/mol. The van der Waals surface area contributed by atoms with E-state index in [1.54, 1.807) is 17.8 Å². The van der Waals surface area contributed by atoms with E-state index in [-0.39, 0.29) is 17.9 Å². The molecule has 2 amide bonds. The maximum absolute atomic E-state index is 13.7. The van der Waals surface area contributed by atoms with Crippen molar-refractivity contribution in [3.63, 3.8) is 0 Å². The van der Waals surface area contributed by atoms with E-state index in [2.05, 4.69) is 15.5 Å². The molecule has 1 aliphatic heterocycles. The molecule has 0 saturated carbocycles. The largest absolute Gasteiger partial charge is 0.379 e. The standard InChI is InChI=1S/C21H25ClFN3O2S/c22-17-4-6-19(7-5-17)29-13-8-24-21(27)25-15-20(26-9-11-28-12-10-26)16-2-1-3-18(23)14-16/h1-7,14,20H,8-13,15H2,(H2,24,25,27). The molecule has 156 valence electrons. The number of halogens is 2. The highest BCUT2D eigenvalue weighted by molar-refractivity contribution is 7.99. The van der Waals surface area contributed by atoms with Crippen molar-refractivity contribution >= 4 is 29.4 Å². The second-order valence-corrected chi connectivity index (χ2v) is 8.26. The highest BCUT2D eigenvalue weighted by Crippen LogP contribution is 2.22. The van der Waals surface area contributed by atoms with E-state index in [1.165, 1.54) is 12.1 Å². The normalized spacial score (nSPS) is 15.7. The summed E-state index contributed by atoms with van der Waals surface area (Å²) >= 11 is 7.53. The summed E-state index contributed by atoms with van der Waals surface area (Å²) < 4.78 is 19.1. The third kappa shape index (κ3) is 7.19. The van der Waals surface area contributed by atoms with Gasteiger partial charge in [0.05, 0.1) is 19.3 Å². The van der Waals surface area contributed by atoms with Gasteiger partial charge in [-0.1, -0.05) is 23.7 Å². The predicted octanol–water partition coefficient (Wildman–Crippen LogP) is 3.94. The van der Waals surface area contributed by atoms with Gasteiger partial charge in [0.15, 0.2) is 0 Å². The summed E-state index contributed by atoms with van der Waals surface area (Å²) in [7, 11) is 0. The van der Waals surface area contributed by atoms with E-state index in [4.69, 9.17) is 16.3 Å². The molecule has 2 aromatic carbocycles. The van der Waals surface area contributed by atoms with Gasteiger partial charge in [-0.15, -0.1) is 11.8 Å². The molecule has 1 unspecified atom stereocenters. The Labute approximate surface area is 179 Å². The highest BCUT2D eigenvalue weighted by Gasteiger charge is 2.23. The van der Waals surface area contributed by atoms with E-state index >= 15 is 0 Å². The van der Waals surface area contributed by atoms with Gasteiger partial charge in [-0.2, -0.15) is 0 Å². The van der Waals surface area contributed by atoms with Crippen molar-refractivity contribution in [2.45, 2.75) is 10.9 Å². The summed E-state index contributed by atoms with van der Waals surface area (Å²) in [6.45, 7) is 3.73. The minimum Gasteiger partial charge on any atom is -0.379 e. The Hall–Kier alpha value is -1.80. The van der Waals surface area contributed by atoms with Crippen molar-refractivity contribution in [1.29, 1.82) is 0 Å². The Kier molecular flexibility index (Phi) is 8.61. The zero-order valence-corrected chi connectivity index (χ0v) is 17.6. The van der Waals surface area contributed by atoms with Gasteiger partial charge in [-0.05, 0) is 42.0 Å². The van der Waals surface area contributed by atoms with Crippen LogP contribution in [0.25, 0.3) is 0 Å². The van der Waals surface area contributed by atoms with Gasteiger partial charge in [-0.25, -0.2) is 9.18 Å². The number of benzene rings is 2. The topological polar surface area (TPSA) is 53.6 Å². The molecule has 1 heterocycles. The van der Waals surface area contributed by atoms with E-state index < -0.39 is 0 Å². The van der Waals surface area contributed by atoms with Crippen molar-refractivity contribution in [2.24, 2.45) is 0 Å². The molecule has 29 heavy (non-hydrogen) atoms. The Morgan fingerprint density at radius 2 is 1.93 bits per heavy atom. The lowest BCUT2D eigenvalue weighted by molar-refractivity contribution is 0.0166. The number of thioether (sulfide) groups is 1. The molecule has 1 atom stereocenters. The summed E-state index contributed by atoms with van der Waals surface area (Å²) in [5, 5.41) is 6.50. The second kappa shape index (κ2) is 11.4. The summed E-state index contributed by atoms with van der Waals surface area (Å²) in [6, 6.07) is 13.8. The molecule has 1 fully saturated rings. The van der Waals surface area contributed by atoms with E-state index in [1.807, 2.05) is 30.3 Å². The lowest BCUT2D eigenvalue weighted by atomic mass is 10.0. The number of amides is 2. The first-order valence-corrected chi connectivity index (χ1v) is 11.0. The number of nitrogens with zero attached hydrogens (tertiary/aromatic N) is 1. The molecule has 0 aliphatic carbocycles. The Morgan fingerprint density at radius 1 is 1.17 bits per heavy atom. The van der Waals surface area contributed by atoms with Crippen molar-refractivity contribution in [3.05, 3.63) is 64.9 Å². The number of nitrogens with one attached hydrogen (secondary N) is 2. The molecule has 0 bridgehead atoms. The van der Waals surface area contributed by atoms with Crippen LogP contribution in [0.1, 0.15) is 11.6 Å². The first-order valence-electron chi connectivity index (χ1n) is 9.59. The van der Waals surface area contributed by atoms with Crippen LogP contribution < -0.4 is 10.6 Å². The number of hydrogen-bond acceptors (Lipinski definition) is 4. The van der Waals surface area contributed by atoms with Gasteiger partial charge >= 0.3 is 6.03 Å². The maximum Gasteiger partial charge on any atom is 0.314 e. The van der Waals surface area contributed by atoms with E-state index in [9.17, 15) is 9.18 Å². The zero-order valence-electron chi connectivity index (χ0n) is 16.1. The number of ether oxygens (including phenoxy) is 1. The molecule has 2 N–H and O–H groups in total. The number of carbonyl (C=O) groups excluding carboxylic acids is 1. The molecule has 1 saturated heterocycles. The van der Waals surface area contributed by atoms with Crippen LogP contribution in [-0.2, 0) is 4.74 Å². The minimum absolute atomic E-state index is 0.0937. The summed E-state index contributed by atoms with van der Waals surface area (Å²) in [6.07, 6.45) is 0. The molecule has 0 aromatic heterocycles. The number of rotatable bonds is 8. The van der Waals surface area contributed by atoms with Crippen LogP contribution in [0.3, 0.4) is 0 Å². The van der Waals surface area contributed by atoms with Crippen LogP contribution >= 0.6 is 23.4 Å². The van der Waals surface area contributed by atoms with Crippen LogP contribution in [0.15, 0.2) is 53.4 Å². The zero-order chi connectivity index (χ0) is 20.5. The molecule has 0 spiro atoms. The second-order valence-electron chi connectivity index (χ2n) is 6.66. The van der Waals surface area contributed by atoms with Crippen molar-refractivity contribution in [2.75, 3.05) is 45.1 Å².